The van der Waals surface area contributed by atoms with Gasteiger partial charge in [-0.2, -0.15) is 0 Å². The molecule has 0 aliphatic carbocycles. The van der Waals surface area contributed by atoms with E-state index < -0.39 is 41.4 Å². The topological polar surface area (TPSA) is 156 Å². The Labute approximate surface area is 231 Å². The van der Waals surface area contributed by atoms with E-state index in [4.69, 9.17) is 18.9 Å². The molecule has 0 saturated heterocycles. The Balaban J connectivity index is 0. The smallest absolute Gasteiger partial charge is 0.468 e. The Morgan fingerprint density at radius 3 is 1.10 bits per heavy atom. The SMILES string of the molecule is CCN(CCOC(=O)OC(C)(C)C)CCOC(=O)OC(C)(C)C.COC(=O)CN(CC(=O)OC)CC(=O)OC. The highest BCUT2D eigenvalue weighted by Crippen LogP contribution is 2.09. The largest absolute Gasteiger partial charge is 0.508 e. The number of methoxy groups -OCH3 is 3. The van der Waals surface area contributed by atoms with Crippen molar-refractivity contribution in [3.63, 3.8) is 0 Å². The van der Waals surface area contributed by atoms with Crippen LogP contribution in [0.2, 0.25) is 0 Å². The molecule has 0 aliphatic rings. The molecule has 0 amide bonds. The highest BCUT2D eigenvalue weighted by Gasteiger charge is 2.20. The third-order valence-electron chi connectivity index (χ3n) is 4.22. The van der Waals surface area contributed by atoms with Crippen LogP contribution in [0.25, 0.3) is 0 Å². The number of carbonyl (C=O) groups excluding carboxylic acids is 5. The molecular formula is C25H46N2O12. The van der Waals surface area contributed by atoms with Crippen molar-refractivity contribution < 1.29 is 57.1 Å². The lowest BCUT2D eigenvalue weighted by Crippen LogP contribution is -2.39. The van der Waals surface area contributed by atoms with Crippen LogP contribution in [0, 0.1) is 0 Å². The first kappa shape index (κ1) is 38.0. The van der Waals surface area contributed by atoms with Crippen molar-refractivity contribution in [2.75, 3.05) is 73.8 Å². The predicted octanol–water partition coefficient (Wildman–Crippen LogP) is 2.02. The van der Waals surface area contributed by atoms with Crippen molar-refractivity contribution in [2.24, 2.45) is 0 Å². The van der Waals surface area contributed by atoms with Gasteiger partial charge in [-0.3, -0.25) is 24.2 Å². The van der Waals surface area contributed by atoms with E-state index in [2.05, 4.69) is 14.2 Å². The molecule has 0 N–H and O–H groups in total. The Bertz CT molecular complexity index is 682. The molecule has 0 unspecified atom stereocenters. The first-order chi connectivity index (χ1) is 18.0. The summed E-state index contributed by atoms with van der Waals surface area (Å²) in [5, 5.41) is 0. The quantitative estimate of drug-likeness (QED) is 0.235. The van der Waals surface area contributed by atoms with Gasteiger partial charge in [-0.1, -0.05) is 6.92 Å². The van der Waals surface area contributed by atoms with Crippen molar-refractivity contribution >= 4 is 30.2 Å². The fourth-order valence-corrected chi connectivity index (χ4v) is 2.41. The van der Waals surface area contributed by atoms with Crippen molar-refractivity contribution in [2.45, 2.75) is 59.7 Å². The average Bonchev–Trinajstić information content (AvgIpc) is 2.80. The van der Waals surface area contributed by atoms with Gasteiger partial charge in [0, 0.05) is 13.1 Å². The Morgan fingerprint density at radius 1 is 0.564 bits per heavy atom. The molecule has 0 radical (unpaired) electrons. The summed E-state index contributed by atoms with van der Waals surface area (Å²) in [6, 6.07) is 0. The zero-order valence-electron chi connectivity index (χ0n) is 25.0. The van der Waals surface area contributed by atoms with Gasteiger partial charge < -0.3 is 33.2 Å². The van der Waals surface area contributed by atoms with Crippen LogP contribution >= 0.6 is 0 Å². The number of ether oxygens (including phenoxy) is 7. The molecule has 0 fully saturated rings. The van der Waals surface area contributed by atoms with Crippen LogP contribution in [-0.4, -0.2) is 125 Å². The van der Waals surface area contributed by atoms with E-state index in [1.54, 1.807) is 41.5 Å². The van der Waals surface area contributed by atoms with Gasteiger partial charge in [-0.25, -0.2) is 9.59 Å². The Morgan fingerprint density at radius 2 is 0.872 bits per heavy atom. The molecule has 0 aromatic carbocycles. The third kappa shape index (κ3) is 24.9. The summed E-state index contributed by atoms with van der Waals surface area (Å²) in [5.74, 6) is -1.64. The molecule has 0 saturated carbocycles. The fraction of sp³-hybridized carbons (Fsp3) is 0.800. The molecule has 0 heterocycles. The second-order valence-electron chi connectivity index (χ2n) is 9.93. The summed E-state index contributed by atoms with van der Waals surface area (Å²) in [6.07, 6.45) is -1.36. The van der Waals surface area contributed by atoms with Gasteiger partial charge in [0.25, 0.3) is 0 Å². The summed E-state index contributed by atoms with van der Waals surface area (Å²) in [5.41, 5.74) is -1.13. The Kier molecular flexibility index (Phi) is 19.4. The first-order valence-corrected chi connectivity index (χ1v) is 12.3. The minimum absolute atomic E-state index is 0.180. The van der Waals surface area contributed by atoms with Crippen LogP contribution in [0.15, 0.2) is 0 Å². The molecule has 0 rings (SSSR count). The standard InChI is InChI=1S/C16H31NO6.C9H15NO6/c1-8-17(9-11-20-13(18)22-15(2,3)4)10-12-21-14(19)23-16(5,6)7;1-14-7(11)4-10(5-8(12)15-2)6-9(13)16-3/h8-12H2,1-7H3;4-6H2,1-3H3. The van der Waals surface area contributed by atoms with E-state index >= 15 is 0 Å². The highest BCUT2D eigenvalue weighted by atomic mass is 16.7. The highest BCUT2D eigenvalue weighted by molar-refractivity contribution is 5.77. The van der Waals surface area contributed by atoms with Crippen molar-refractivity contribution in [1.82, 2.24) is 9.80 Å². The second kappa shape index (κ2) is 19.9. The maximum Gasteiger partial charge on any atom is 0.508 e. The molecule has 0 aromatic rings. The van der Waals surface area contributed by atoms with Crippen LogP contribution < -0.4 is 0 Å². The predicted molar refractivity (Wildman–Crippen MR) is 139 cm³/mol. The maximum absolute atomic E-state index is 11.4. The second-order valence-corrected chi connectivity index (χ2v) is 9.93. The zero-order valence-corrected chi connectivity index (χ0v) is 25.0. The number of hydrogen-bond acceptors (Lipinski definition) is 14. The minimum Gasteiger partial charge on any atom is -0.468 e. The fourth-order valence-electron chi connectivity index (χ4n) is 2.41. The zero-order chi connectivity index (χ0) is 30.6. The molecule has 0 atom stereocenters. The lowest BCUT2D eigenvalue weighted by Gasteiger charge is -2.22. The monoisotopic (exact) mass is 566 g/mol. The van der Waals surface area contributed by atoms with Gasteiger partial charge in [0.15, 0.2) is 0 Å². The number of nitrogens with zero attached hydrogens (tertiary/aromatic N) is 2. The molecule has 14 heteroatoms. The summed E-state index contributed by atoms with van der Waals surface area (Å²) in [6.45, 7) is 14.4. The average molecular weight is 567 g/mol. The van der Waals surface area contributed by atoms with E-state index in [0.717, 1.165) is 6.54 Å². The third-order valence-corrected chi connectivity index (χ3v) is 4.22. The normalized spacial score (nSPS) is 11.1. The van der Waals surface area contributed by atoms with E-state index in [1.165, 1.54) is 26.2 Å². The number of hydrogen-bond donors (Lipinski definition) is 0. The Hall–Kier alpha value is -3.13. The molecule has 0 aromatic heterocycles. The number of carbonyl (C=O) groups is 5. The number of rotatable bonds is 13. The summed E-state index contributed by atoms with van der Waals surface area (Å²) >= 11 is 0. The molecule has 228 valence electrons. The van der Waals surface area contributed by atoms with Gasteiger partial charge in [0.05, 0.1) is 41.0 Å². The van der Waals surface area contributed by atoms with Crippen LogP contribution in [-0.2, 0) is 47.5 Å². The number of likely N-dealkylation sites (N-methyl/N-ethyl adjacent to an activating group) is 1. The van der Waals surface area contributed by atoms with Crippen LogP contribution in [0.3, 0.4) is 0 Å². The van der Waals surface area contributed by atoms with E-state index in [9.17, 15) is 24.0 Å². The van der Waals surface area contributed by atoms with Gasteiger partial charge in [-0.15, -0.1) is 0 Å². The first-order valence-electron chi connectivity index (χ1n) is 12.3. The maximum atomic E-state index is 11.4. The molecule has 0 spiro atoms. The molecule has 0 bridgehead atoms. The van der Waals surface area contributed by atoms with Crippen molar-refractivity contribution in [3.8, 4) is 0 Å². The van der Waals surface area contributed by atoms with Gasteiger partial charge in [0.1, 0.15) is 24.4 Å². The minimum atomic E-state index is -0.682. The van der Waals surface area contributed by atoms with E-state index in [1.807, 2.05) is 11.8 Å². The lowest BCUT2D eigenvalue weighted by atomic mass is 10.2. The summed E-state index contributed by atoms with van der Waals surface area (Å²) in [4.78, 5) is 59.1. The van der Waals surface area contributed by atoms with Crippen LogP contribution in [0.5, 0.6) is 0 Å². The van der Waals surface area contributed by atoms with Crippen molar-refractivity contribution in [1.29, 1.82) is 0 Å². The molecule has 14 nitrogen and oxygen atoms in total. The molecule has 39 heavy (non-hydrogen) atoms. The van der Waals surface area contributed by atoms with Crippen LogP contribution in [0.1, 0.15) is 48.5 Å². The van der Waals surface area contributed by atoms with Gasteiger partial charge in [0.2, 0.25) is 0 Å². The van der Waals surface area contributed by atoms with Gasteiger partial charge in [-0.05, 0) is 48.1 Å². The molecule has 0 aliphatic heterocycles. The van der Waals surface area contributed by atoms with Crippen LogP contribution in [0.4, 0.5) is 9.59 Å². The lowest BCUT2D eigenvalue weighted by molar-refractivity contribution is -0.148. The number of esters is 3. The van der Waals surface area contributed by atoms with Crippen molar-refractivity contribution in [3.05, 3.63) is 0 Å². The van der Waals surface area contributed by atoms with Gasteiger partial charge >= 0.3 is 30.2 Å². The van der Waals surface area contributed by atoms with E-state index in [-0.39, 0.29) is 32.8 Å². The summed E-state index contributed by atoms with van der Waals surface area (Å²) < 4.78 is 33.4. The summed E-state index contributed by atoms with van der Waals surface area (Å²) in [7, 11) is 3.66. The van der Waals surface area contributed by atoms with E-state index in [0.29, 0.717) is 13.1 Å². The molecular weight excluding hydrogens is 520 g/mol.